The van der Waals surface area contributed by atoms with Gasteiger partial charge in [-0.25, -0.2) is 0 Å². The van der Waals surface area contributed by atoms with Gasteiger partial charge in [-0.05, 0) is 116 Å². The van der Waals surface area contributed by atoms with E-state index in [1.54, 1.807) is 0 Å². The van der Waals surface area contributed by atoms with Crippen molar-refractivity contribution in [3.05, 3.63) is 109 Å². The Hall–Kier alpha value is -3.93. The van der Waals surface area contributed by atoms with Crippen molar-refractivity contribution in [3.8, 4) is 0 Å². The number of rotatable bonds is 40. The molecule has 0 aromatic rings. The highest BCUT2D eigenvalue weighted by molar-refractivity contribution is 5.71. The van der Waals surface area contributed by atoms with E-state index in [2.05, 4.69) is 130 Å². The van der Waals surface area contributed by atoms with Gasteiger partial charge in [-0.3, -0.25) is 14.4 Å². The van der Waals surface area contributed by atoms with Crippen LogP contribution < -0.4 is 0 Å². The zero-order valence-corrected chi connectivity index (χ0v) is 37.7. The number of ether oxygens (including phenoxy) is 3. The number of carbonyl (C=O) groups is 3. The van der Waals surface area contributed by atoms with Crippen LogP contribution in [0.5, 0.6) is 0 Å². The topological polar surface area (TPSA) is 78.9 Å². The van der Waals surface area contributed by atoms with E-state index in [0.717, 1.165) is 109 Å². The van der Waals surface area contributed by atoms with Gasteiger partial charge in [0.05, 0.1) is 0 Å². The summed E-state index contributed by atoms with van der Waals surface area (Å²) in [6.07, 6.45) is 62.2. The summed E-state index contributed by atoms with van der Waals surface area (Å²) in [6.45, 7) is 6.26. The maximum atomic E-state index is 12.7. The van der Waals surface area contributed by atoms with E-state index >= 15 is 0 Å². The van der Waals surface area contributed by atoms with Crippen LogP contribution in [-0.2, 0) is 28.6 Å². The first kappa shape index (κ1) is 55.1. The lowest BCUT2D eigenvalue weighted by atomic mass is 10.1. The van der Waals surface area contributed by atoms with Crippen molar-refractivity contribution in [2.75, 3.05) is 13.2 Å². The summed E-state index contributed by atoms with van der Waals surface area (Å²) in [4.78, 5) is 37.8. The SMILES string of the molecule is CC/C=C\C/C=C\C/C=C\C/C=C\CCCCC(=O)OC[C@@H](COC(=O)CCCCCCC/C=C\CCCC)OC(=O)CCCC/C=C\C/C=C\C/C=C\C/C=C\CC. The molecular formula is C53H84O6. The first-order valence-corrected chi connectivity index (χ1v) is 23.4. The normalized spacial score (nSPS) is 13.1. The maximum absolute atomic E-state index is 12.7. The van der Waals surface area contributed by atoms with Crippen molar-refractivity contribution >= 4 is 17.9 Å². The summed E-state index contributed by atoms with van der Waals surface area (Å²) < 4.78 is 16.6. The second-order valence-corrected chi connectivity index (χ2v) is 14.9. The molecular weight excluding hydrogens is 733 g/mol. The molecule has 0 unspecified atom stereocenters. The van der Waals surface area contributed by atoms with E-state index in [1.807, 2.05) is 0 Å². The van der Waals surface area contributed by atoms with Gasteiger partial charge >= 0.3 is 17.9 Å². The molecule has 0 N–H and O–H groups in total. The second-order valence-electron chi connectivity index (χ2n) is 14.9. The molecule has 0 aliphatic heterocycles. The Morgan fingerprint density at radius 2 is 0.661 bits per heavy atom. The summed E-state index contributed by atoms with van der Waals surface area (Å²) in [5.41, 5.74) is 0. The van der Waals surface area contributed by atoms with Crippen molar-refractivity contribution in [2.24, 2.45) is 0 Å². The van der Waals surface area contributed by atoms with Crippen LogP contribution in [0.25, 0.3) is 0 Å². The van der Waals surface area contributed by atoms with E-state index in [4.69, 9.17) is 14.2 Å². The van der Waals surface area contributed by atoms with E-state index in [0.29, 0.717) is 25.7 Å². The molecule has 0 bridgehead atoms. The molecule has 332 valence electrons. The van der Waals surface area contributed by atoms with E-state index in [-0.39, 0.29) is 37.5 Å². The van der Waals surface area contributed by atoms with Crippen molar-refractivity contribution < 1.29 is 28.6 Å². The molecule has 6 nitrogen and oxygen atoms in total. The Labute approximate surface area is 361 Å². The summed E-state index contributed by atoms with van der Waals surface area (Å²) in [5.74, 6) is -1.02. The number of esters is 3. The lowest BCUT2D eigenvalue weighted by Crippen LogP contribution is -2.30. The predicted octanol–water partition coefficient (Wildman–Crippen LogP) is 15.2. The zero-order valence-electron chi connectivity index (χ0n) is 37.7. The predicted molar refractivity (Wildman–Crippen MR) is 251 cm³/mol. The molecule has 0 aromatic heterocycles. The fourth-order valence-corrected chi connectivity index (χ4v) is 5.75. The smallest absolute Gasteiger partial charge is 0.306 e. The molecule has 0 radical (unpaired) electrons. The number of allylic oxidation sites excluding steroid dienone is 18. The van der Waals surface area contributed by atoms with Gasteiger partial charge in [-0.15, -0.1) is 0 Å². The lowest BCUT2D eigenvalue weighted by molar-refractivity contribution is -0.167. The van der Waals surface area contributed by atoms with Crippen molar-refractivity contribution in [1.82, 2.24) is 0 Å². The summed E-state index contributed by atoms with van der Waals surface area (Å²) in [6, 6.07) is 0. The summed E-state index contributed by atoms with van der Waals surface area (Å²) in [5, 5.41) is 0. The Balaban J connectivity index is 4.56. The molecule has 1 atom stereocenters. The zero-order chi connectivity index (χ0) is 43.0. The molecule has 59 heavy (non-hydrogen) atoms. The van der Waals surface area contributed by atoms with Gasteiger partial charge in [0, 0.05) is 19.3 Å². The van der Waals surface area contributed by atoms with Crippen LogP contribution in [0.15, 0.2) is 109 Å². The lowest BCUT2D eigenvalue weighted by Gasteiger charge is -2.18. The molecule has 0 amide bonds. The molecule has 0 saturated carbocycles. The number of carbonyl (C=O) groups excluding carboxylic acids is 3. The number of hydrogen-bond donors (Lipinski definition) is 0. The molecule has 0 aliphatic carbocycles. The standard InChI is InChI=1S/C53H84O6/c1-4-7-10-13-16-19-22-24-26-28-31-34-37-40-43-46-52(55)58-49-50(48-57-51(54)45-42-39-36-33-30-21-18-15-12-9-6-3)59-53(56)47-44-41-38-35-32-29-27-25-23-20-17-14-11-8-5-2/h7-8,10-11,15-20,24-27,31-32,34-35,50H,4-6,9,12-14,21-23,28-30,33,36-49H2,1-3H3/b10-7-,11-8-,18-15-,19-16-,20-17-,26-24-,27-25-,34-31-,35-32-/t50-/m1/s1. The van der Waals surface area contributed by atoms with Gasteiger partial charge in [0.15, 0.2) is 6.10 Å². The molecule has 0 aromatic carbocycles. The minimum atomic E-state index is -0.820. The van der Waals surface area contributed by atoms with E-state index < -0.39 is 6.10 Å². The van der Waals surface area contributed by atoms with Crippen LogP contribution in [0.3, 0.4) is 0 Å². The highest BCUT2D eigenvalue weighted by Gasteiger charge is 2.19. The maximum Gasteiger partial charge on any atom is 0.306 e. The van der Waals surface area contributed by atoms with Crippen LogP contribution in [0.1, 0.15) is 188 Å². The number of hydrogen-bond acceptors (Lipinski definition) is 6. The second kappa shape index (κ2) is 46.8. The highest BCUT2D eigenvalue weighted by atomic mass is 16.6. The van der Waals surface area contributed by atoms with Crippen LogP contribution in [0.4, 0.5) is 0 Å². The Morgan fingerprint density at radius 1 is 0.356 bits per heavy atom. The van der Waals surface area contributed by atoms with Gasteiger partial charge in [0.2, 0.25) is 0 Å². The fraction of sp³-hybridized carbons (Fsp3) is 0.604. The quantitative estimate of drug-likeness (QED) is 0.0265. The van der Waals surface area contributed by atoms with Crippen LogP contribution >= 0.6 is 0 Å². The highest BCUT2D eigenvalue weighted by Crippen LogP contribution is 2.11. The molecule has 0 spiro atoms. The summed E-state index contributed by atoms with van der Waals surface area (Å²) in [7, 11) is 0. The molecule has 6 heteroatoms. The van der Waals surface area contributed by atoms with E-state index in [1.165, 1.54) is 25.7 Å². The molecule has 0 aliphatic rings. The minimum Gasteiger partial charge on any atom is -0.462 e. The third-order valence-electron chi connectivity index (χ3n) is 9.24. The van der Waals surface area contributed by atoms with Gasteiger partial charge in [-0.2, -0.15) is 0 Å². The van der Waals surface area contributed by atoms with Gasteiger partial charge < -0.3 is 14.2 Å². The average Bonchev–Trinajstić information content (AvgIpc) is 3.23. The van der Waals surface area contributed by atoms with Crippen LogP contribution in [0.2, 0.25) is 0 Å². The molecule has 0 heterocycles. The average molecular weight is 817 g/mol. The molecule has 0 saturated heterocycles. The van der Waals surface area contributed by atoms with Crippen molar-refractivity contribution in [2.45, 2.75) is 194 Å². The molecule has 0 rings (SSSR count). The summed E-state index contributed by atoms with van der Waals surface area (Å²) >= 11 is 0. The fourth-order valence-electron chi connectivity index (χ4n) is 5.75. The monoisotopic (exact) mass is 817 g/mol. The Morgan fingerprint density at radius 3 is 1.08 bits per heavy atom. The van der Waals surface area contributed by atoms with Crippen LogP contribution in [0, 0.1) is 0 Å². The molecule has 0 fully saturated rings. The first-order chi connectivity index (χ1) is 29.0. The third-order valence-corrected chi connectivity index (χ3v) is 9.24. The van der Waals surface area contributed by atoms with Gasteiger partial charge in [-0.1, -0.05) is 162 Å². The Bertz CT molecular complexity index is 1260. The minimum absolute atomic E-state index is 0.115. The van der Waals surface area contributed by atoms with Crippen molar-refractivity contribution in [3.63, 3.8) is 0 Å². The third kappa shape index (κ3) is 45.0. The Kier molecular flexibility index (Phi) is 43.6. The van der Waals surface area contributed by atoms with E-state index in [9.17, 15) is 14.4 Å². The first-order valence-electron chi connectivity index (χ1n) is 23.4. The van der Waals surface area contributed by atoms with Gasteiger partial charge in [0.1, 0.15) is 13.2 Å². The van der Waals surface area contributed by atoms with Gasteiger partial charge in [0.25, 0.3) is 0 Å². The number of unbranched alkanes of at least 4 members (excludes halogenated alkanes) is 11. The van der Waals surface area contributed by atoms with Crippen molar-refractivity contribution in [1.29, 1.82) is 0 Å². The van der Waals surface area contributed by atoms with Crippen LogP contribution in [-0.4, -0.2) is 37.2 Å². The largest absolute Gasteiger partial charge is 0.462 e.